The molecule has 0 heterocycles. The lowest BCUT2D eigenvalue weighted by Crippen LogP contribution is -2.13. The quantitative estimate of drug-likeness (QED) is 0.618. The Morgan fingerprint density at radius 3 is 2.48 bits per heavy atom. The molecule has 1 N–H and O–H groups in total. The highest BCUT2D eigenvalue weighted by atomic mass is 16.5. The first-order chi connectivity index (χ1) is 12.0. The molecule has 2 aromatic rings. The van der Waals surface area contributed by atoms with E-state index in [1.54, 1.807) is 6.08 Å². The Kier molecular flexibility index (Phi) is 6.36. The van der Waals surface area contributed by atoms with E-state index in [4.69, 9.17) is 4.74 Å². The highest BCUT2D eigenvalue weighted by molar-refractivity contribution is 6.09. The van der Waals surface area contributed by atoms with Gasteiger partial charge in [0.1, 0.15) is 17.4 Å². The van der Waals surface area contributed by atoms with Crippen LogP contribution >= 0.6 is 0 Å². The van der Waals surface area contributed by atoms with Crippen molar-refractivity contribution in [2.24, 2.45) is 0 Å². The maximum Gasteiger partial charge on any atom is 0.266 e. The number of benzene rings is 2. The van der Waals surface area contributed by atoms with Crippen LogP contribution in [0.15, 0.2) is 48.0 Å². The van der Waals surface area contributed by atoms with E-state index >= 15 is 0 Å². The predicted molar refractivity (Wildman–Crippen MR) is 100 cm³/mol. The molecule has 0 aliphatic carbocycles. The molecule has 2 rings (SSSR count). The summed E-state index contributed by atoms with van der Waals surface area (Å²) in [7, 11) is 0. The molecule has 0 atom stereocenters. The number of hydrogen-bond donors (Lipinski definition) is 1. The van der Waals surface area contributed by atoms with Crippen LogP contribution in [0.2, 0.25) is 0 Å². The number of carbonyl (C=O) groups excluding carboxylic acids is 1. The molecule has 1 amide bonds. The van der Waals surface area contributed by atoms with Gasteiger partial charge < -0.3 is 10.1 Å². The summed E-state index contributed by atoms with van der Waals surface area (Å²) < 4.78 is 5.52. The number of rotatable bonds is 6. The summed E-state index contributed by atoms with van der Waals surface area (Å²) in [5.41, 5.74) is 3.75. The molecule has 4 heteroatoms. The van der Waals surface area contributed by atoms with E-state index in [2.05, 4.69) is 5.32 Å². The summed E-state index contributed by atoms with van der Waals surface area (Å²) in [5, 5.41) is 12.1. The molecule has 25 heavy (non-hydrogen) atoms. The maximum absolute atomic E-state index is 12.3. The van der Waals surface area contributed by atoms with Crippen LogP contribution in [-0.2, 0) is 4.79 Å². The van der Waals surface area contributed by atoms with E-state index in [0.717, 1.165) is 28.9 Å². The van der Waals surface area contributed by atoms with Gasteiger partial charge in [-0.2, -0.15) is 5.26 Å². The number of amides is 1. The smallest absolute Gasteiger partial charge is 0.266 e. The first kappa shape index (κ1) is 18.3. The van der Waals surface area contributed by atoms with Crippen molar-refractivity contribution in [3.05, 3.63) is 64.7 Å². The zero-order chi connectivity index (χ0) is 18.2. The third-order valence-corrected chi connectivity index (χ3v) is 3.79. The van der Waals surface area contributed by atoms with Crippen molar-refractivity contribution in [1.82, 2.24) is 0 Å². The molecular formula is C21H22N2O2. The molecule has 0 aromatic heterocycles. The highest BCUT2D eigenvalue weighted by Crippen LogP contribution is 2.17. The molecule has 0 fully saturated rings. The summed E-state index contributed by atoms with van der Waals surface area (Å²) >= 11 is 0. The average Bonchev–Trinajstić information content (AvgIpc) is 2.62. The van der Waals surface area contributed by atoms with E-state index < -0.39 is 5.91 Å². The van der Waals surface area contributed by atoms with Gasteiger partial charge in [0.2, 0.25) is 0 Å². The lowest BCUT2D eigenvalue weighted by molar-refractivity contribution is -0.112. The molecule has 0 aliphatic heterocycles. The number of carbonyl (C=O) groups is 1. The number of ether oxygens (including phenoxy) is 1. The fourth-order valence-corrected chi connectivity index (χ4v) is 2.21. The highest BCUT2D eigenvalue weighted by Gasteiger charge is 2.10. The minimum absolute atomic E-state index is 0.0560. The largest absolute Gasteiger partial charge is 0.494 e. The Balaban J connectivity index is 2.12. The molecule has 0 saturated carbocycles. The Labute approximate surface area is 148 Å². The molecule has 0 aliphatic rings. The topological polar surface area (TPSA) is 62.1 Å². The summed E-state index contributed by atoms with van der Waals surface area (Å²) in [6.07, 6.45) is 2.51. The van der Waals surface area contributed by atoms with Crippen molar-refractivity contribution >= 4 is 17.7 Å². The van der Waals surface area contributed by atoms with Crippen LogP contribution in [0.3, 0.4) is 0 Å². The summed E-state index contributed by atoms with van der Waals surface area (Å²) in [6.45, 7) is 6.70. The molecule has 0 saturated heterocycles. The molecule has 4 nitrogen and oxygen atoms in total. The van der Waals surface area contributed by atoms with E-state index in [0.29, 0.717) is 12.3 Å². The van der Waals surface area contributed by atoms with Crippen molar-refractivity contribution < 1.29 is 9.53 Å². The van der Waals surface area contributed by atoms with Crippen molar-refractivity contribution in [2.75, 3.05) is 11.9 Å². The third-order valence-electron chi connectivity index (χ3n) is 3.79. The molecule has 0 radical (unpaired) electrons. The Morgan fingerprint density at radius 1 is 1.16 bits per heavy atom. The van der Waals surface area contributed by atoms with E-state index in [1.807, 2.05) is 69.3 Å². The summed E-state index contributed by atoms with van der Waals surface area (Å²) in [5.74, 6) is 0.356. The van der Waals surface area contributed by atoms with Gasteiger partial charge in [0.25, 0.3) is 5.91 Å². The minimum Gasteiger partial charge on any atom is -0.494 e. The first-order valence-electron chi connectivity index (χ1n) is 8.26. The normalized spacial score (nSPS) is 10.9. The van der Waals surface area contributed by atoms with Crippen molar-refractivity contribution in [2.45, 2.75) is 27.2 Å². The molecular weight excluding hydrogens is 312 g/mol. The van der Waals surface area contributed by atoms with E-state index in [1.165, 1.54) is 0 Å². The van der Waals surface area contributed by atoms with Gasteiger partial charge in [0.15, 0.2) is 0 Å². The molecule has 128 valence electrons. The van der Waals surface area contributed by atoms with Crippen molar-refractivity contribution in [3.8, 4) is 11.8 Å². The number of hydrogen-bond acceptors (Lipinski definition) is 3. The van der Waals surface area contributed by atoms with Crippen molar-refractivity contribution in [3.63, 3.8) is 0 Å². The van der Waals surface area contributed by atoms with Crippen LogP contribution in [0.5, 0.6) is 5.75 Å². The lowest BCUT2D eigenvalue weighted by atomic mass is 10.1. The minimum atomic E-state index is -0.419. The first-order valence-corrected chi connectivity index (χ1v) is 8.26. The van der Waals surface area contributed by atoms with Gasteiger partial charge in [-0.05, 0) is 67.3 Å². The fourth-order valence-electron chi connectivity index (χ4n) is 2.21. The van der Waals surface area contributed by atoms with Crippen LogP contribution in [0.1, 0.15) is 30.0 Å². The van der Waals surface area contributed by atoms with Crippen molar-refractivity contribution in [1.29, 1.82) is 5.26 Å². The zero-order valence-electron chi connectivity index (χ0n) is 14.8. The van der Waals surface area contributed by atoms with Crippen LogP contribution in [0, 0.1) is 25.2 Å². The number of nitrogens with zero attached hydrogens (tertiary/aromatic N) is 1. The predicted octanol–water partition coefficient (Wildman–Crippen LogP) is 4.64. The van der Waals surface area contributed by atoms with Gasteiger partial charge in [-0.25, -0.2) is 0 Å². The molecule has 0 unspecified atom stereocenters. The van der Waals surface area contributed by atoms with Gasteiger partial charge in [-0.3, -0.25) is 4.79 Å². The zero-order valence-corrected chi connectivity index (χ0v) is 14.8. The lowest BCUT2D eigenvalue weighted by Gasteiger charge is -2.07. The van der Waals surface area contributed by atoms with E-state index in [-0.39, 0.29) is 5.57 Å². The van der Waals surface area contributed by atoms with Gasteiger partial charge in [0, 0.05) is 5.69 Å². The van der Waals surface area contributed by atoms with E-state index in [9.17, 15) is 10.1 Å². The average molecular weight is 334 g/mol. The van der Waals surface area contributed by atoms with Crippen LogP contribution in [0.25, 0.3) is 6.08 Å². The van der Waals surface area contributed by atoms with Gasteiger partial charge in [0.05, 0.1) is 6.61 Å². The van der Waals surface area contributed by atoms with Crippen LogP contribution < -0.4 is 10.1 Å². The SMILES string of the molecule is CCCOc1ccc(C=C(C#N)C(=O)Nc2ccc(C)c(C)c2)cc1. The number of nitriles is 1. The Morgan fingerprint density at radius 2 is 1.88 bits per heavy atom. The maximum atomic E-state index is 12.3. The Hall–Kier alpha value is -3.06. The number of aryl methyl sites for hydroxylation is 2. The summed E-state index contributed by atoms with van der Waals surface area (Å²) in [6, 6.07) is 14.9. The molecule has 2 aromatic carbocycles. The molecule has 0 bridgehead atoms. The number of nitrogens with one attached hydrogen (secondary N) is 1. The van der Waals surface area contributed by atoms with Gasteiger partial charge >= 0.3 is 0 Å². The second kappa shape index (κ2) is 8.70. The standard InChI is InChI=1S/C21H22N2O2/c1-4-11-25-20-9-6-17(7-10-20)13-18(14-22)21(24)23-19-8-5-15(2)16(3)12-19/h5-10,12-13H,4,11H2,1-3H3,(H,23,24). The summed E-state index contributed by atoms with van der Waals surface area (Å²) in [4.78, 5) is 12.3. The van der Waals surface area contributed by atoms with Crippen LogP contribution in [0.4, 0.5) is 5.69 Å². The second-order valence-electron chi connectivity index (χ2n) is 5.84. The number of anilines is 1. The monoisotopic (exact) mass is 334 g/mol. The Bertz CT molecular complexity index is 815. The van der Waals surface area contributed by atoms with Gasteiger partial charge in [-0.1, -0.05) is 25.1 Å². The van der Waals surface area contributed by atoms with Gasteiger partial charge in [-0.15, -0.1) is 0 Å². The second-order valence-corrected chi connectivity index (χ2v) is 5.84. The van der Waals surface area contributed by atoms with Crippen LogP contribution in [-0.4, -0.2) is 12.5 Å². The third kappa shape index (κ3) is 5.22. The fraction of sp³-hybridized carbons (Fsp3) is 0.238. The molecule has 0 spiro atoms.